The first kappa shape index (κ1) is 29.2. The second-order valence-electron chi connectivity index (χ2n) is 11.1. The molecule has 1 aromatic heterocycles. The largest absolute Gasteiger partial charge is 0.493 e. The molecule has 1 fully saturated rings. The SMILES string of the molecule is COCc1cc(F)c(OC)c(C(C(=O)O)N2CC[C@@](C)(COCCCCCc3ccc4c(n3)NCCC4)C2)c1. The molecule has 9 heteroatoms. The van der Waals surface area contributed by atoms with Crippen LogP contribution in [0, 0.1) is 11.2 Å². The summed E-state index contributed by atoms with van der Waals surface area (Å²) in [5.74, 6) is -0.597. The van der Waals surface area contributed by atoms with Gasteiger partial charge in [0.25, 0.3) is 0 Å². The van der Waals surface area contributed by atoms with E-state index in [1.807, 2.05) is 4.90 Å². The maximum absolute atomic E-state index is 14.7. The van der Waals surface area contributed by atoms with E-state index in [1.54, 1.807) is 6.07 Å². The van der Waals surface area contributed by atoms with Crippen molar-refractivity contribution in [3.8, 4) is 5.75 Å². The number of nitrogens with zero attached hydrogens (tertiary/aromatic N) is 2. The van der Waals surface area contributed by atoms with Crippen molar-refractivity contribution >= 4 is 11.8 Å². The van der Waals surface area contributed by atoms with Crippen LogP contribution in [0.2, 0.25) is 0 Å². The van der Waals surface area contributed by atoms with Gasteiger partial charge in [0.05, 0.1) is 20.3 Å². The third kappa shape index (κ3) is 7.47. The predicted octanol–water partition coefficient (Wildman–Crippen LogP) is 5.00. The summed E-state index contributed by atoms with van der Waals surface area (Å²) in [5, 5.41) is 13.5. The number of hydrogen-bond acceptors (Lipinski definition) is 7. The first-order valence-electron chi connectivity index (χ1n) is 14.0. The number of fused-ring (bicyclic) bond motifs is 1. The van der Waals surface area contributed by atoms with E-state index in [-0.39, 0.29) is 17.8 Å². The van der Waals surface area contributed by atoms with Crippen LogP contribution in [0.25, 0.3) is 0 Å². The minimum absolute atomic E-state index is 0.0334. The Morgan fingerprint density at radius 1 is 1.26 bits per heavy atom. The van der Waals surface area contributed by atoms with Crippen molar-refractivity contribution in [2.24, 2.45) is 5.41 Å². The molecule has 0 saturated carbocycles. The summed E-state index contributed by atoms with van der Waals surface area (Å²) in [6.07, 6.45) is 7.16. The molecule has 4 rings (SSSR count). The number of benzene rings is 1. The van der Waals surface area contributed by atoms with Gasteiger partial charge in [-0.1, -0.05) is 19.4 Å². The van der Waals surface area contributed by atoms with E-state index in [4.69, 9.17) is 19.2 Å². The van der Waals surface area contributed by atoms with Crippen LogP contribution in [0.15, 0.2) is 24.3 Å². The van der Waals surface area contributed by atoms with Gasteiger partial charge < -0.3 is 24.6 Å². The highest BCUT2D eigenvalue weighted by molar-refractivity contribution is 5.77. The average Bonchev–Trinajstić information content (AvgIpc) is 3.29. The van der Waals surface area contributed by atoms with Crippen LogP contribution in [-0.2, 0) is 33.7 Å². The number of hydrogen-bond donors (Lipinski definition) is 2. The standard InChI is InChI=1S/C30H42FN3O5/c1-30(20-39-15-6-4-5-9-23-11-10-22-8-7-13-32-28(22)33-23)12-14-34(19-30)26(29(35)36)24-16-21(18-37-2)17-25(31)27(24)38-3/h10-11,16-17,26H,4-9,12-15,18-20H2,1-3H3,(H,32,33)(H,35,36)/t26?,30-/m1/s1. The van der Waals surface area contributed by atoms with Gasteiger partial charge in [-0.15, -0.1) is 0 Å². The number of pyridine rings is 1. The van der Waals surface area contributed by atoms with Crippen LogP contribution in [-0.4, -0.2) is 68.0 Å². The quantitative estimate of drug-likeness (QED) is 0.322. The number of carboxylic acid groups (broad SMARTS) is 1. The number of unbranched alkanes of at least 4 members (excludes halogenated alkanes) is 2. The lowest BCUT2D eigenvalue weighted by atomic mass is 9.91. The summed E-state index contributed by atoms with van der Waals surface area (Å²) in [6, 6.07) is 6.34. The highest BCUT2D eigenvalue weighted by Gasteiger charge is 2.41. The van der Waals surface area contributed by atoms with E-state index in [2.05, 4.69) is 24.4 Å². The lowest BCUT2D eigenvalue weighted by Crippen LogP contribution is -2.35. The molecule has 2 aromatic rings. The van der Waals surface area contributed by atoms with Gasteiger partial charge in [0.2, 0.25) is 0 Å². The number of ether oxygens (including phenoxy) is 3. The van der Waals surface area contributed by atoms with E-state index in [0.29, 0.717) is 37.4 Å². The fourth-order valence-corrected chi connectivity index (χ4v) is 5.74. The van der Waals surface area contributed by atoms with E-state index in [1.165, 1.54) is 32.3 Å². The Kier molecular flexibility index (Phi) is 10.2. The molecule has 8 nitrogen and oxygen atoms in total. The molecule has 2 N–H and O–H groups in total. The molecule has 0 spiro atoms. The van der Waals surface area contributed by atoms with Gasteiger partial charge in [-0.2, -0.15) is 0 Å². The zero-order valence-electron chi connectivity index (χ0n) is 23.4. The molecular formula is C30H42FN3O5. The summed E-state index contributed by atoms with van der Waals surface area (Å²) < 4.78 is 31.2. The minimum Gasteiger partial charge on any atom is -0.493 e. The zero-order chi connectivity index (χ0) is 27.8. The molecule has 1 unspecified atom stereocenters. The molecule has 2 aliphatic heterocycles. The normalized spacial score (nSPS) is 19.9. The van der Waals surface area contributed by atoms with Gasteiger partial charge in [-0.25, -0.2) is 9.37 Å². The van der Waals surface area contributed by atoms with Crippen molar-refractivity contribution in [1.82, 2.24) is 9.88 Å². The first-order chi connectivity index (χ1) is 18.8. The van der Waals surface area contributed by atoms with Crippen LogP contribution >= 0.6 is 0 Å². The fourth-order valence-electron chi connectivity index (χ4n) is 5.74. The average molecular weight is 544 g/mol. The van der Waals surface area contributed by atoms with Gasteiger partial charge in [0.15, 0.2) is 11.6 Å². The second-order valence-corrected chi connectivity index (χ2v) is 11.1. The number of methoxy groups -OCH3 is 2. The topological polar surface area (TPSA) is 93.2 Å². The van der Waals surface area contributed by atoms with Crippen LogP contribution in [0.3, 0.4) is 0 Å². The summed E-state index contributed by atoms with van der Waals surface area (Å²) in [7, 11) is 2.88. The van der Waals surface area contributed by atoms with Gasteiger partial charge >= 0.3 is 5.97 Å². The van der Waals surface area contributed by atoms with Gasteiger partial charge in [-0.05, 0) is 74.4 Å². The van der Waals surface area contributed by atoms with Gasteiger partial charge in [0, 0.05) is 43.5 Å². The zero-order valence-corrected chi connectivity index (χ0v) is 23.4. The van der Waals surface area contributed by atoms with Crippen molar-refractivity contribution in [3.05, 3.63) is 52.5 Å². The molecule has 2 aliphatic rings. The Hall–Kier alpha value is -2.75. The molecule has 1 saturated heterocycles. The van der Waals surface area contributed by atoms with Gasteiger partial charge in [-0.3, -0.25) is 9.69 Å². The van der Waals surface area contributed by atoms with Crippen LogP contribution in [0.4, 0.5) is 10.2 Å². The molecule has 1 aromatic carbocycles. The molecular weight excluding hydrogens is 501 g/mol. The molecule has 39 heavy (non-hydrogen) atoms. The number of nitrogens with one attached hydrogen (secondary N) is 1. The predicted molar refractivity (Wildman–Crippen MR) is 148 cm³/mol. The van der Waals surface area contributed by atoms with Crippen molar-refractivity contribution in [3.63, 3.8) is 0 Å². The number of rotatable bonds is 14. The fraction of sp³-hybridized carbons (Fsp3) is 0.600. The summed E-state index contributed by atoms with van der Waals surface area (Å²) in [5.41, 5.74) is 3.16. The minimum atomic E-state index is -1.03. The van der Waals surface area contributed by atoms with E-state index in [0.717, 1.165) is 56.6 Å². The van der Waals surface area contributed by atoms with Crippen molar-refractivity contribution in [1.29, 1.82) is 0 Å². The summed E-state index contributed by atoms with van der Waals surface area (Å²) >= 11 is 0. The Morgan fingerprint density at radius 3 is 2.87 bits per heavy atom. The van der Waals surface area contributed by atoms with Gasteiger partial charge in [0.1, 0.15) is 11.9 Å². The summed E-state index contributed by atoms with van der Waals surface area (Å²) in [6.45, 7) is 5.68. The van der Waals surface area contributed by atoms with Crippen LogP contribution in [0.1, 0.15) is 67.5 Å². The smallest absolute Gasteiger partial charge is 0.325 e. The molecule has 214 valence electrons. The second kappa shape index (κ2) is 13.5. The third-order valence-corrected chi connectivity index (χ3v) is 7.75. The molecule has 2 atom stereocenters. The number of anilines is 1. The van der Waals surface area contributed by atoms with Crippen molar-refractivity contribution in [2.45, 2.75) is 64.5 Å². The number of aromatic nitrogens is 1. The molecule has 0 bridgehead atoms. The Bertz CT molecular complexity index is 1130. The number of carboxylic acids is 1. The molecule has 0 radical (unpaired) electrons. The molecule has 0 amide bonds. The lowest BCUT2D eigenvalue weighted by molar-refractivity contribution is -0.143. The van der Waals surface area contributed by atoms with Crippen molar-refractivity contribution in [2.75, 3.05) is 52.4 Å². The maximum atomic E-state index is 14.7. The summed E-state index contributed by atoms with van der Waals surface area (Å²) in [4.78, 5) is 19.0. The monoisotopic (exact) mass is 543 g/mol. The van der Waals surface area contributed by atoms with Crippen LogP contribution in [0.5, 0.6) is 5.75 Å². The highest BCUT2D eigenvalue weighted by atomic mass is 19.1. The Labute approximate surface area is 230 Å². The first-order valence-corrected chi connectivity index (χ1v) is 14.0. The number of aryl methyl sites for hydroxylation is 2. The number of likely N-dealkylation sites (tertiary alicyclic amines) is 1. The molecule has 3 heterocycles. The lowest BCUT2D eigenvalue weighted by Gasteiger charge is -2.29. The third-order valence-electron chi connectivity index (χ3n) is 7.75. The van der Waals surface area contributed by atoms with Crippen molar-refractivity contribution < 1.29 is 28.5 Å². The molecule has 0 aliphatic carbocycles. The number of halogens is 1. The van der Waals surface area contributed by atoms with E-state index >= 15 is 0 Å². The van der Waals surface area contributed by atoms with Crippen LogP contribution < -0.4 is 10.1 Å². The van der Waals surface area contributed by atoms with E-state index in [9.17, 15) is 14.3 Å². The number of aliphatic carboxylic acids is 1. The number of carbonyl (C=O) groups is 1. The Balaban J connectivity index is 1.25. The highest BCUT2D eigenvalue weighted by Crippen LogP contribution is 2.39. The maximum Gasteiger partial charge on any atom is 0.325 e. The Morgan fingerprint density at radius 2 is 2.10 bits per heavy atom. The van der Waals surface area contributed by atoms with E-state index < -0.39 is 17.8 Å².